The zero-order valence-corrected chi connectivity index (χ0v) is 20.1. The molecule has 0 amide bonds. The molecule has 4 rings (SSSR count). The summed E-state index contributed by atoms with van der Waals surface area (Å²) >= 11 is 4.24. The van der Waals surface area contributed by atoms with E-state index in [2.05, 4.69) is 55.3 Å². The SMILES string of the molecule is O=c1[nH]c2ccccc2c(=O)n1N=Cc1cc(I)c(OCc2ccccc2F)c(I)c1. The lowest BCUT2D eigenvalue weighted by atomic mass is 10.2. The van der Waals surface area contributed by atoms with Gasteiger partial charge in [0.15, 0.2) is 0 Å². The van der Waals surface area contributed by atoms with Crippen molar-refractivity contribution >= 4 is 62.3 Å². The largest absolute Gasteiger partial charge is 0.487 e. The summed E-state index contributed by atoms with van der Waals surface area (Å²) in [5, 5.41) is 4.46. The number of nitrogens with one attached hydrogen (secondary N) is 1. The summed E-state index contributed by atoms with van der Waals surface area (Å²) in [7, 11) is 0. The third kappa shape index (κ3) is 4.71. The van der Waals surface area contributed by atoms with E-state index in [0.717, 1.165) is 11.8 Å². The molecule has 0 aliphatic heterocycles. The fourth-order valence-corrected chi connectivity index (χ4v) is 5.07. The number of rotatable bonds is 5. The van der Waals surface area contributed by atoms with E-state index in [1.165, 1.54) is 12.3 Å². The Labute approximate surface area is 203 Å². The number of nitrogens with zero attached hydrogens (tertiary/aromatic N) is 2. The molecule has 6 nitrogen and oxygen atoms in total. The topological polar surface area (TPSA) is 76.5 Å². The summed E-state index contributed by atoms with van der Waals surface area (Å²) in [5.41, 5.74) is 0.504. The monoisotopic (exact) mass is 641 g/mol. The van der Waals surface area contributed by atoms with Gasteiger partial charge >= 0.3 is 5.69 Å². The predicted molar refractivity (Wildman–Crippen MR) is 134 cm³/mol. The lowest BCUT2D eigenvalue weighted by Crippen LogP contribution is -2.32. The highest BCUT2D eigenvalue weighted by Gasteiger charge is 2.11. The number of benzene rings is 3. The number of H-pyrrole nitrogens is 1. The average molecular weight is 641 g/mol. The second-order valence-electron chi connectivity index (χ2n) is 6.53. The first-order valence-electron chi connectivity index (χ1n) is 9.08. The molecule has 1 heterocycles. The number of ether oxygens (including phenoxy) is 1. The van der Waals surface area contributed by atoms with Crippen LogP contribution in [0.5, 0.6) is 5.75 Å². The number of hydrogen-bond acceptors (Lipinski definition) is 4. The Balaban J connectivity index is 1.61. The molecule has 0 unspecified atom stereocenters. The van der Waals surface area contributed by atoms with Crippen molar-refractivity contribution in [2.75, 3.05) is 0 Å². The molecular weight excluding hydrogens is 627 g/mol. The van der Waals surface area contributed by atoms with Crippen molar-refractivity contribution < 1.29 is 9.13 Å². The lowest BCUT2D eigenvalue weighted by Gasteiger charge is -2.12. The summed E-state index contributed by atoms with van der Waals surface area (Å²) in [6.45, 7) is 0.105. The molecule has 1 N–H and O–H groups in total. The van der Waals surface area contributed by atoms with Crippen molar-refractivity contribution in [3.63, 3.8) is 0 Å². The van der Waals surface area contributed by atoms with Crippen molar-refractivity contribution in [3.8, 4) is 5.75 Å². The minimum absolute atomic E-state index is 0.105. The molecule has 3 aromatic carbocycles. The fourth-order valence-electron chi connectivity index (χ4n) is 2.94. The molecule has 9 heteroatoms. The van der Waals surface area contributed by atoms with E-state index in [4.69, 9.17) is 4.74 Å². The van der Waals surface area contributed by atoms with Crippen molar-refractivity contribution in [1.82, 2.24) is 9.66 Å². The Morgan fingerprint density at radius 3 is 2.45 bits per heavy atom. The third-order valence-corrected chi connectivity index (χ3v) is 6.06. The summed E-state index contributed by atoms with van der Waals surface area (Å²) in [6, 6.07) is 16.8. The number of para-hydroxylation sites is 1. The van der Waals surface area contributed by atoms with E-state index in [-0.39, 0.29) is 12.4 Å². The van der Waals surface area contributed by atoms with Gasteiger partial charge in [0, 0.05) is 5.56 Å². The van der Waals surface area contributed by atoms with Gasteiger partial charge in [0.25, 0.3) is 5.56 Å². The molecule has 0 aliphatic carbocycles. The van der Waals surface area contributed by atoms with Crippen LogP contribution in [0.3, 0.4) is 0 Å². The molecule has 156 valence electrons. The Morgan fingerprint density at radius 1 is 1.03 bits per heavy atom. The van der Waals surface area contributed by atoms with Gasteiger partial charge in [-0.15, -0.1) is 4.68 Å². The highest BCUT2D eigenvalue weighted by Crippen LogP contribution is 2.29. The molecule has 4 aromatic rings. The third-order valence-electron chi connectivity index (χ3n) is 4.46. The maximum absolute atomic E-state index is 13.8. The molecule has 31 heavy (non-hydrogen) atoms. The molecular formula is C22H14FI2N3O3. The van der Waals surface area contributed by atoms with Gasteiger partial charge in [-0.1, -0.05) is 30.3 Å². The van der Waals surface area contributed by atoms with Crippen LogP contribution in [0.1, 0.15) is 11.1 Å². The highest BCUT2D eigenvalue weighted by molar-refractivity contribution is 14.1. The smallest absolute Gasteiger partial charge is 0.349 e. The number of aromatic amines is 1. The summed E-state index contributed by atoms with van der Waals surface area (Å²) in [5.74, 6) is 0.310. The maximum Gasteiger partial charge on any atom is 0.349 e. The lowest BCUT2D eigenvalue weighted by molar-refractivity contribution is 0.295. The van der Waals surface area contributed by atoms with Crippen molar-refractivity contribution in [2.24, 2.45) is 5.10 Å². The highest BCUT2D eigenvalue weighted by atomic mass is 127. The maximum atomic E-state index is 13.8. The molecule has 1 aromatic heterocycles. The van der Waals surface area contributed by atoms with Gasteiger partial charge in [-0.25, -0.2) is 9.18 Å². The molecule has 0 fully saturated rings. The van der Waals surface area contributed by atoms with Gasteiger partial charge in [-0.3, -0.25) is 4.79 Å². The first kappa shape index (κ1) is 21.7. The van der Waals surface area contributed by atoms with Crippen LogP contribution in [0, 0.1) is 13.0 Å². The first-order valence-corrected chi connectivity index (χ1v) is 11.2. The molecule has 0 spiro atoms. The Kier molecular flexibility index (Phi) is 6.51. The van der Waals surface area contributed by atoms with Crippen molar-refractivity contribution in [1.29, 1.82) is 0 Å². The second kappa shape index (κ2) is 9.30. The number of fused-ring (bicyclic) bond motifs is 1. The first-order chi connectivity index (χ1) is 14.9. The van der Waals surface area contributed by atoms with Crippen LogP contribution in [-0.4, -0.2) is 15.9 Å². The minimum Gasteiger partial charge on any atom is -0.487 e. The van der Waals surface area contributed by atoms with Crippen molar-refractivity contribution in [2.45, 2.75) is 6.61 Å². The Bertz CT molecular complexity index is 1410. The molecule has 0 bridgehead atoms. The van der Waals surface area contributed by atoms with E-state index in [1.807, 2.05) is 12.1 Å². The van der Waals surface area contributed by atoms with Crippen LogP contribution < -0.4 is 16.0 Å². The second-order valence-corrected chi connectivity index (χ2v) is 8.86. The van der Waals surface area contributed by atoms with E-state index in [9.17, 15) is 14.0 Å². The van der Waals surface area contributed by atoms with Crippen LogP contribution in [0.2, 0.25) is 0 Å². The van der Waals surface area contributed by atoms with Gasteiger partial charge in [0.05, 0.1) is 24.3 Å². The number of aromatic nitrogens is 2. The van der Waals surface area contributed by atoms with Crippen LogP contribution in [-0.2, 0) is 6.61 Å². The van der Waals surface area contributed by atoms with Crippen LogP contribution in [0.15, 0.2) is 75.4 Å². The molecule has 0 atom stereocenters. The van der Waals surface area contributed by atoms with Crippen LogP contribution >= 0.6 is 45.2 Å². The minimum atomic E-state index is -0.616. The standard InChI is InChI=1S/C22H14FI2N3O3/c23-16-7-3-1-5-14(16)12-31-20-17(24)9-13(10-18(20)25)11-26-28-21(29)15-6-2-4-8-19(15)27-22(28)30/h1-11H,12H2,(H,27,30). The van der Waals surface area contributed by atoms with Gasteiger partial charge in [0.1, 0.15) is 18.2 Å². The van der Waals surface area contributed by atoms with Crippen LogP contribution in [0.4, 0.5) is 4.39 Å². The van der Waals surface area contributed by atoms with E-state index < -0.39 is 11.2 Å². The quantitative estimate of drug-likeness (QED) is 0.258. The normalized spacial score (nSPS) is 11.3. The summed E-state index contributed by atoms with van der Waals surface area (Å²) < 4.78 is 22.0. The van der Waals surface area contributed by atoms with E-state index in [0.29, 0.717) is 27.8 Å². The molecule has 0 aliphatic rings. The van der Waals surface area contributed by atoms with Gasteiger partial charge in [0.2, 0.25) is 0 Å². The fraction of sp³-hybridized carbons (Fsp3) is 0.0455. The Hall–Kier alpha value is -2.54. The number of hydrogen-bond donors (Lipinski definition) is 1. The molecule has 0 saturated heterocycles. The summed E-state index contributed by atoms with van der Waals surface area (Å²) in [4.78, 5) is 27.5. The van der Waals surface area contributed by atoms with E-state index in [1.54, 1.807) is 42.5 Å². The summed E-state index contributed by atoms with van der Waals surface area (Å²) in [6.07, 6.45) is 1.44. The predicted octanol–water partition coefficient (Wildman–Crippen LogP) is 4.50. The average Bonchev–Trinajstić information content (AvgIpc) is 2.74. The van der Waals surface area contributed by atoms with Gasteiger partial charge in [-0.05, 0) is 81.1 Å². The van der Waals surface area contributed by atoms with Crippen molar-refractivity contribution in [3.05, 3.63) is 106 Å². The Morgan fingerprint density at radius 2 is 1.71 bits per heavy atom. The zero-order valence-electron chi connectivity index (χ0n) is 15.8. The molecule has 0 radical (unpaired) electrons. The van der Waals surface area contributed by atoms with E-state index >= 15 is 0 Å². The molecule has 0 saturated carbocycles. The van der Waals surface area contributed by atoms with Gasteiger partial charge < -0.3 is 9.72 Å². The van der Waals surface area contributed by atoms with Crippen LogP contribution in [0.25, 0.3) is 10.9 Å². The number of halogens is 3. The van der Waals surface area contributed by atoms with Gasteiger partial charge in [-0.2, -0.15) is 5.10 Å². The zero-order chi connectivity index (χ0) is 22.0.